The van der Waals surface area contributed by atoms with Crippen LogP contribution < -0.4 is 5.73 Å². The highest BCUT2D eigenvalue weighted by Gasteiger charge is 2.36. The molecule has 14 heavy (non-hydrogen) atoms. The highest BCUT2D eigenvalue weighted by molar-refractivity contribution is 5.00. The van der Waals surface area contributed by atoms with Gasteiger partial charge in [-0.05, 0) is 30.2 Å². The van der Waals surface area contributed by atoms with Crippen molar-refractivity contribution in [2.24, 2.45) is 5.73 Å². The number of ether oxygens (including phenoxy) is 1. The number of rotatable bonds is 3. The van der Waals surface area contributed by atoms with Gasteiger partial charge in [0.25, 0.3) is 0 Å². The van der Waals surface area contributed by atoms with Gasteiger partial charge in [0.1, 0.15) is 5.60 Å². The van der Waals surface area contributed by atoms with Crippen molar-refractivity contribution in [2.45, 2.75) is 31.9 Å². The molecular weight excluding hydrogens is 182 g/mol. The Hall–Kier alpha value is -1.01. The van der Waals surface area contributed by atoms with E-state index >= 15 is 0 Å². The zero-order chi connectivity index (χ0) is 10.0. The molecule has 0 aliphatic carbocycles. The molecule has 1 fully saturated rings. The molecule has 1 aromatic rings. The number of aromatic nitrogens is 4. The van der Waals surface area contributed by atoms with E-state index < -0.39 is 0 Å². The maximum atomic E-state index is 5.67. The third kappa shape index (κ3) is 1.51. The van der Waals surface area contributed by atoms with Crippen molar-refractivity contribution in [3.63, 3.8) is 0 Å². The highest BCUT2D eigenvalue weighted by atomic mass is 16.5. The van der Waals surface area contributed by atoms with Gasteiger partial charge in [0.15, 0.2) is 5.82 Å². The van der Waals surface area contributed by atoms with Gasteiger partial charge in [-0.25, -0.2) is 4.68 Å². The molecule has 6 heteroatoms. The quantitative estimate of drug-likeness (QED) is 0.717. The first kappa shape index (κ1) is 9.54. The lowest BCUT2D eigenvalue weighted by Gasteiger charge is -2.21. The largest absolute Gasteiger partial charge is 0.367 e. The van der Waals surface area contributed by atoms with Gasteiger partial charge < -0.3 is 10.5 Å². The minimum atomic E-state index is -0.321. The zero-order valence-electron chi connectivity index (χ0n) is 8.31. The Bertz CT molecular complexity index is 304. The molecule has 0 spiro atoms. The first-order chi connectivity index (χ1) is 6.76. The first-order valence-corrected chi connectivity index (χ1v) is 4.87. The van der Waals surface area contributed by atoms with E-state index in [9.17, 15) is 0 Å². The molecule has 2 N–H and O–H groups in total. The van der Waals surface area contributed by atoms with Crippen LogP contribution in [0, 0.1) is 0 Å². The molecule has 1 aromatic heterocycles. The molecule has 78 valence electrons. The molecule has 1 unspecified atom stereocenters. The first-order valence-electron chi connectivity index (χ1n) is 4.87. The average molecular weight is 197 g/mol. The monoisotopic (exact) mass is 197 g/mol. The Kier molecular flexibility index (Phi) is 2.47. The number of tetrazole rings is 1. The maximum Gasteiger partial charge on any atom is 0.183 e. The van der Waals surface area contributed by atoms with E-state index in [2.05, 4.69) is 15.5 Å². The number of nitrogens with zero attached hydrogens (tertiary/aromatic N) is 4. The van der Waals surface area contributed by atoms with Crippen LogP contribution in [-0.4, -0.2) is 33.4 Å². The molecule has 6 nitrogen and oxygen atoms in total. The predicted octanol–water partition coefficient (Wildman–Crippen LogP) is -0.343. The summed E-state index contributed by atoms with van der Waals surface area (Å²) in [5.41, 5.74) is 5.15. The summed E-state index contributed by atoms with van der Waals surface area (Å²) in [6.45, 7) is 3.99. The minimum Gasteiger partial charge on any atom is -0.367 e. The van der Waals surface area contributed by atoms with Gasteiger partial charge in [-0.2, -0.15) is 0 Å². The topological polar surface area (TPSA) is 78.9 Å². The molecule has 0 aromatic carbocycles. The average Bonchev–Trinajstić information content (AvgIpc) is 2.75. The van der Waals surface area contributed by atoms with Crippen molar-refractivity contribution < 1.29 is 4.74 Å². The second-order valence-electron chi connectivity index (χ2n) is 3.70. The normalized spacial score (nSPS) is 27.0. The number of hydrogen-bond acceptors (Lipinski definition) is 5. The summed E-state index contributed by atoms with van der Waals surface area (Å²) in [5.74, 6) is 0.792. The Morgan fingerprint density at radius 1 is 1.64 bits per heavy atom. The third-order valence-electron chi connectivity index (χ3n) is 2.56. The van der Waals surface area contributed by atoms with E-state index in [-0.39, 0.29) is 5.60 Å². The fourth-order valence-corrected chi connectivity index (χ4v) is 1.81. The Labute approximate surface area is 82.4 Å². The van der Waals surface area contributed by atoms with Crippen LogP contribution in [0.15, 0.2) is 0 Å². The van der Waals surface area contributed by atoms with E-state index in [1.807, 2.05) is 6.92 Å². The lowest BCUT2D eigenvalue weighted by atomic mass is 10.0. The van der Waals surface area contributed by atoms with Gasteiger partial charge >= 0.3 is 0 Å². The fourth-order valence-electron chi connectivity index (χ4n) is 1.81. The van der Waals surface area contributed by atoms with Crippen molar-refractivity contribution in [1.29, 1.82) is 0 Å². The molecule has 0 radical (unpaired) electrons. The molecule has 1 atom stereocenters. The van der Waals surface area contributed by atoms with E-state index in [0.29, 0.717) is 13.1 Å². The summed E-state index contributed by atoms with van der Waals surface area (Å²) in [5, 5.41) is 11.6. The zero-order valence-corrected chi connectivity index (χ0v) is 8.31. The summed E-state index contributed by atoms with van der Waals surface area (Å²) in [6.07, 6.45) is 2.03. The van der Waals surface area contributed by atoms with E-state index in [0.717, 1.165) is 25.3 Å². The minimum absolute atomic E-state index is 0.321. The molecule has 1 aliphatic rings. The van der Waals surface area contributed by atoms with Gasteiger partial charge in [0.2, 0.25) is 0 Å². The van der Waals surface area contributed by atoms with Gasteiger partial charge in [-0.15, -0.1) is 5.10 Å². The maximum absolute atomic E-state index is 5.67. The summed E-state index contributed by atoms with van der Waals surface area (Å²) in [7, 11) is 0. The van der Waals surface area contributed by atoms with Gasteiger partial charge in [-0.3, -0.25) is 0 Å². The summed E-state index contributed by atoms with van der Waals surface area (Å²) >= 11 is 0. The van der Waals surface area contributed by atoms with Crippen LogP contribution in [0.3, 0.4) is 0 Å². The standard InChI is InChI=1S/C8H15N5O/c1-8(3-2-6-14-8)7-10-11-12-13(7)5-4-9/h2-6,9H2,1H3. The van der Waals surface area contributed by atoms with Crippen LogP contribution in [0.1, 0.15) is 25.6 Å². The third-order valence-corrected chi connectivity index (χ3v) is 2.56. The second-order valence-corrected chi connectivity index (χ2v) is 3.70. The Morgan fingerprint density at radius 2 is 2.50 bits per heavy atom. The van der Waals surface area contributed by atoms with E-state index in [1.165, 1.54) is 0 Å². The van der Waals surface area contributed by atoms with Crippen LogP contribution in [0.4, 0.5) is 0 Å². The lowest BCUT2D eigenvalue weighted by Crippen LogP contribution is -2.27. The molecule has 1 aliphatic heterocycles. The SMILES string of the molecule is CC1(c2nnnn2CCN)CCCO1. The molecular formula is C8H15N5O. The molecule has 2 rings (SSSR count). The molecule has 0 amide bonds. The van der Waals surface area contributed by atoms with Gasteiger partial charge in [-0.1, -0.05) is 0 Å². The van der Waals surface area contributed by atoms with Crippen LogP contribution in [-0.2, 0) is 16.9 Å². The number of hydrogen-bond donors (Lipinski definition) is 1. The summed E-state index contributed by atoms with van der Waals surface area (Å²) in [4.78, 5) is 0. The van der Waals surface area contributed by atoms with Crippen molar-refractivity contribution in [3.05, 3.63) is 5.82 Å². The van der Waals surface area contributed by atoms with Crippen molar-refractivity contribution in [2.75, 3.05) is 13.2 Å². The molecule has 1 saturated heterocycles. The fraction of sp³-hybridized carbons (Fsp3) is 0.875. The predicted molar refractivity (Wildman–Crippen MR) is 49.4 cm³/mol. The lowest BCUT2D eigenvalue weighted by molar-refractivity contribution is 0.00557. The highest BCUT2D eigenvalue weighted by Crippen LogP contribution is 2.33. The van der Waals surface area contributed by atoms with Crippen LogP contribution >= 0.6 is 0 Å². The Morgan fingerprint density at radius 3 is 3.14 bits per heavy atom. The van der Waals surface area contributed by atoms with Crippen LogP contribution in [0.5, 0.6) is 0 Å². The summed E-state index contributed by atoms with van der Waals surface area (Å²) in [6, 6.07) is 0. The molecule has 0 bridgehead atoms. The van der Waals surface area contributed by atoms with E-state index in [1.54, 1.807) is 4.68 Å². The van der Waals surface area contributed by atoms with Crippen molar-refractivity contribution in [3.8, 4) is 0 Å². The van der Waals surface area contributed by atoms with Gasteiger partial charge in [0.05, 0.1) is 6.54 Å². The van der Waals surface area contributed by atoms with Crippen LogP contribution in [0.25, 0.3) is 0 Å². The molecule has 0 saturated carbocycles. The van der Waals surface area contributed by atoms with Gasteiger partial charge in [0, 0.05) is 13.2 Å². The second kappa shape index (κ2) is 3.62. The Balaban J connectivity index is 2.25. The van der Waals surface area contributed by atoms with Crippen molar-refractivity contribution in [1.82, 2.24) is 20.2 Å². The van der Waals surface area contributed by atoms with E-state index in [4.69, 9.17) is 10.5 Å². The molecule has 2 heterocycles. The summed E-state index contributed by atoms with van der Waals surface area (Å²) < 4.78 is 7.40. The van der Waals surface area contributed by atoms with Crippen LogP contribution in [0.2, 0.25) is 0 Å². The smallest absolute Gasteiger partial charge is 0.183 e. The van der Waals surface area contributed by atoms with Crippen molar-refractivity contribution >= 4 is 0 Å². The number of nitrogens with two attached hydrogens (primary N) is 1.